The molecule has 4 N–H and O–H groups in total. The van der Waals surface area contributed by atoms with Gasteiger partial charge in [-0.15, -0.1) is 21.6 Å². The fourth-order valence-electron chi connectivity index (χ4n) is 2.42. The van der Waals surface area contributed by atoms with Crippen LogP contribution in [-0.2, 0) is 14.8 Å². The van der Waals surface area contributed by atoms with Crippen molar-refractivity contribution in [2.24, 2.45) is 15.4 Å². The Morgan fingerprint density at radius 3 is 2.78 bits per heavy atom. The molecule has 0 atom stereocenters. The van der Waals surface area contributed by atoms with Crippen LogP contribution in [0.4, 0.5) is 16.5 Å². The number of carbonyl (C=O) groups excluding carboxylic acids is 1. The quantitative estimate of drug-likeness (QED) is 0.556. The van der Waals surface area contributed by atoms with Gasteiger partial charge in [0.05, 0.1) is 11.4 Å². The number of sulfonamides is 1. The summed E-state index contributed by atoms with van der Waals surface area (Å²) in [7, 11) is -4.21. The van der Waals surface area contributed by atoms with Gasteiger partial charge in [-0.05, 0) is 12.1 Å². The van der Waals surface area contributed by atoms with Crippen LogP contribution in [0.3, 0.4) is 0 Å². The van der Waals surface area contributed by atoms with Gasteiger partial charge in [0.15, 0.2) is 0 Å². The van der Waals surface area contributed by atoms with Gasteiger partial charge >= 0.3 is 0 Å². The van der Waals surface area contributed by atoms with E-state index in [1.807, 2.05) is 0 Å². The van der Waals surface area contributed by atoms with Crippen LogP contribution in [0.1, 0.15) is 13.3 Å². The van der Waals surface area contributed by atoms with Crippen LogP contribution in [0.2, 0.25) is 0 Å². The molecule has 2 aromatic carbocycles. The van der Waals surface area contributed by atoms with Gasteiger partial charge in [-0.25, -0.2) is 18.5 Å². The molecule has 1 heterocycles. The third-order valence-corrected chi connectivity index (χ3v) is 5.22. The van der Waals surface area contributed by atoms with E-state index in [0.29, 0.717) is 16.2 Å². The summed E-state index contributed by atoms with van der Waals surface area (Å²) in [5.41, 5.74) is 0.484. The minimum absolute atomic E-state index is 0.119. The number of benzene rings is 2. The lowest BCUT2D eigenvalue weighted by atomic mass is 10.1. The Hall–Kier alpha value is -2.89. The molecule has 0 fully saturated rings. The number of thiazole rings is 1. The summed E-state index contributed by atoms with van der Waals surface area (Å²) in [6, 6.07) is 5.81. The van der Waals surface area contributed by atoms with E-state index in [1.54, 1.807) is 30.6 Å². The van der Waals surface area contributed by atoms with E-state index < -0.39 is 20.7 Å². The average Bonchev–Trinajstić information content (AvgIpc) is 3.14. The molecule has 0 bridgehead atoms. The lowest BCUT2D eigenvalue weighted by Crippen LogP contribution is -2.13. The average molecular weight is 405 g/mol. The van der Waals surface area contributed by atoms with E-state index in [0.717, 1.165) is 6.07 Å². The second-order valence-electron chi connectivity index (χ2n) is 5.43. The van der Waals surface area contributed by atoms with Gasteiger partial charge in [0.1, 0.15) is 10.6 Å². The highest BCUT2D eigenvalue weighted by Crippen LogP contribution is 2.42. The Morgan fingerprint density at radius 1 is 1.37 bits per heavy atom. The van der Waals surface area contributed by atoms with Gasteiger partial charge in [0.25, 0.3) is 0 Å². The van der Waals surface area contributed by atoms with Crippen LogP contribution in [0.5, 0.6) is 5.75 Å². The number of rotatable bonds is 5. The SMILES string of the molecule is CCC(=O)Nc1cccc2c(O)c(S(N)(=O)=O)cc(/N=N/c3nccs3)c12. The maximum atomic E-state index is 11.9. The number of hydrogen-bond acceptors (Lipinski definition) is 8. The van der Waals surface area contributed by atoms with Crippen LogP contribution >= 0.6 is 11.3 Å². The highest BCUT2D eigenvalue weighted by atomic mass is 32.2. The first-order valence-electron chi connectivity index (χ1n) is 7.74. The van der Waals surface area contributed by atoms with Crippen molar-refractivity contribution in [3.05, 3.63) is 35.8 Å². The summed E-state index contributed by atoms with van der Waals surface area (Å²) in [5, 5.41) is 29.0. The fourth-order valence-corrected chi connectivity index (χ4v) is 3.53. The van der Waals surface area contributed by atoms with Crippen LogP contribution in [0.15, 0.2) is 51.0 Å². The molecule has 140 valence electrons. The lowest BCUT2D eigenvalue weighted by Gasteiger charge is -2.13. The minimum atomic E-state index is -4.21. The van der Waals surface area contributed by atoms with E-state index in [-0.39, 0.29) is 23.4 Å². The summed E-state index contributed by atoms with van der Waals surface area (Å²) in [6.45, 7) is 1.69. The number of nitrogens with one attached hydrogen (secondary N) is 1. The number of aromatic hydroxyl groups is 1. The zero-order valence-corrected chi connectivity index (χ0v) is 15.7. The molecule has 0 unspecified atom stereocenters. The first kappa shape index (κ1) is 18.9. The standard InChI is InChI=1S/C16H15N5O4S2/c1-2-13(22)19-10-5-3-4-9-14(10)11(20-21-16-18-6-7-26-16)8-12(15(9)23)27(17,24)25/h3-8,23H,2H2,1H3,(H,19,22)(H2,17,24,25)/b21-20+. The number of phenolic OH excluding ortho intramolecular Hbond substituents is 1. The second kappa shape index (κ2) is 7.39. The Labute approximate surface area is 158 Å². The van der Waals surface area contributed by atoms with Crippen molar-refractivity contribution in [3.8, 4) is 5.75 Å². The lowest BCUT2D eigenvalue weighted by molar-refractivity contribution is -0.115. The molecule has 0 spiro atoms. The smallest absolute Gasteiger partial charge is 0.241 e. The third-order valence-electron chi connectivity index (χ3n) is 3.64. The van der Waals surface area contributed by atoms with Crippen LogP contribution in [0, 0.1) is 0 Å². The Kier molecular flexibility index (Phi) is 5.17. The predicted molar refractivity (Wildman–Crippen MR) is 102 cm³/mol. The van der Waals surface area contributed by atoms with Crippen molar-refractivity contribution < 1.29 is 18.3 Å². The van der Waals surface area contributed by atoms with Gasteiger partial charge in [0.2, 0.25) is 21.1 Å². The predicted octanol–water partition coefficient (Wildman–Crippen LogP) is 3.41. The molecular formula is C16H15N5O4S2. The van der Waals surface area contributed by atoms with Crippen molar-refractivity contribution in [2.45, 2.75) is 18.2 Å². The molecule has 0 radical (unpaired) electrons. The van der Waals surface area contributed by atoms with Crippen LogP contribution in [0.25, 0.3) is 10.8 Å². The highest BCUT2D eigenvalue weighted by molar-refractivity contribution is 7.89. The van der Waals surface area contributed by atoms with E-state index >= 15 is 0 Å². The number of nitrogens with zero attached hydrogens (tertiary/aromatic N) is 3. The molecule has 27 heavy (non-hydrogen) atoms. The number of anilines is 1. The number of amides is 1. The third kappa shape index (κ3) is 3.94. The number of fused-ring (bicyclic) bond motifs is 1. The topological polar surface area (TPSA) is 147 Å². The summed E-state index contributed by atoms with van der Waals surface area (Å²) in [5.74, 6) is -0.770. The van der Waals surface area contributed by atoms with Crippen molar-refractivity contribution in [3.63, 3.8) is 0 Å². The van der Waals surface area contributed by atoms with E-state index in [9.17, 15) is 18.3 Å². The molecule has 3 rings (SSSR count). The van der Waals surface area contributed by atoms with E-state index in [2.05, 4.69) is 20.5 Å². The van der Waals surface area contributed by atoms with Crippen molar-refractivity contribution in [1.82, 2.24) is 4.98 Å². The van der Waals surface area contributed by atoms with Crippen molar-refractivity contribution >= 4 is 54.5 Å². The van der Waals surface area contributed by atoms with E-state index in [4.69, 9.17) is 5.14 Å². The molecule has 1 aromatic heterocycles. The number of aromatic nitrogens is 1. The number of hydrogen-bond donors (Lipinski definition) is 3. The summed E-state index contributed by atoms with van der Waals surface area (Å²) >= 11 is 1.25. The fraction of sp³-hybridized carbons (Fsp3) is 0.125. The zero-order valence-electron chi connectivity index (χ0n) is 14.1. The number of primary sulfonamides is 1. The van der Waals surface area contributed by atoms with Crippen LogP contribution < -0.4 is 10.5 Å². The first-order valence-corrected chi connectivity index (χ1v) is 10.2. The Balaban J connectivity index is 2.31. The molecule has 1 amide bonds. The molecule has 0 aliphatic rings. The maximum absolute atomic E-state index is 11.9. The van der Waals surface area contributed by atoms with Gasteiger partial charge in [-0.3, -0.25) is 4.79 Å². The number of phenols is 1. The first-order chi connectivity index (χ1) is 12.8. The molecule has 0 saturated heterocycles. The number of azo groups is 1. The maximum Gasteiger partial charge on any atom is 0.241 e. The molecule has 3 aromatic rings. The van der Waals surface area contributed by atoms with Gasteiger partial charge in [-0.1, -0.05) is 19.1 Å². The van der Waals surface area contributed by atoms with Crippen LogP contribution in [-0.4, -0.2) is 24.4 Å². The molecular weight excluding hydrogens is 390 g/mol. The van der Waals surface area contributed by atoms with E-state index in [1.165, 1.54) is 17.4 Å². The minimum Gasteiger partial charge on any atom is -0.506 e. The van der Waals surface area contributed by atoms with Crippen molar-refractivity contribution in [1.29, 1.82) is 0 Å². The summed E-state index contributed by atoms with van der Waals surface area (Å²) < 4.78 is 23.7. The molecule has 0 saturated carbocycles. The largest absolute Gasteiger partial charge is 0.506 e. The van der Waals surface area contributed by atoms with Crippen molar-refractivity contribution in [2.75, 3.05) is 5.32 Å². The number of carbonyl (C=O) groups is 1. The van der Waals surface area contributed by atoms with Gasteiger partial charge in [0, 0.05) is 28.8 Å². The monoisotopic (exact) mass is 405 g/mol. The molecule has 0 aliphatic heterocycles. The molecule has 0 aliphatic carbocycles. The Morgan fingerprint density at radius 2 is 2.15 bits per heavy atom. The van der Waals surface area contributed by atoms with Gasteiger partial charge in [-0.2, -0.15) is 0 Å². The summed E-state index contributed by atoms with van der Waals surface area (Å²) in [6.07, 6.45) is 1.80. The molecule has 11 heteroatoms. The normalized spacial score (nSPS) is 11.9. The second-order valence-corrected chi connectivity index (χ2v) is 7.83. The Bertz CT molecular complexity index is 1140. The molecule has 9 nitrogen and oxygen atoms in total. The van der Waals surface area contributed by atoms with Gasteiger partial charge < -0.3 is 10.4 Å². The number of nitrogens with two attached hydrogens (primary N) is 1. The summed E-state index contributed by atoms with van der Waals surface area (Å²) in [4.78, 5) is 15.3. The highest BCUT2D eigenvalue weighted by Gasteiger charge is 2.21. The zero-order chi connectivity index (χ0) is 19.6.